The van der Waals surface area contributed by atoms with E-state index in [9.17, 15) is 19.1 Å². The molecule has 0 bridgehead atoms. The summed E-state index contributed by atoms with van der Waals surface area (Å²) in [5.74, 6) is -1.49. The van der Waals surface area contributed by atoms with Crippen LogP contribution >= 0.6 is 0 Å². The number of aromatic hydroxyl groups is 1. The first-order valence-electron chi connectivity index (χ1n) is 12.1. The van der Waals surface area contributed by atoms with Gasteiger partial charge >= 0.3 is 0 Å². The van der Waals surface area contributed by atoms with Gasteiger partial charge in [0.25, 0.3) is 0 Å². The molecule has 2 atom stereocenters. The highest BCUT2D eigenvalue weighted by atomic mass is 19.1. The van der Waals surface area contributed by atoms with Crippen LogP contribution < -0.4 is 10.2 Å². The fourth-order valence-corrected chi connectivity index (χ4v) is 5.33. The predicted octanol–water partition coefficient (Wildman–Crippen LogP) is 4.39. The zero-order valence-corrected chi connectivity index (χ0v) is 19.8. The van der Waals surface area contributed by atoms with Gasteiger partial charge in [-0.2, -0.15) is 5.26 Å². The van der Waals surface area contributed by atoms with Crippen LogP contribution in [-0.2, 0) is 4.74 Å². The lowest BCUT2D eigenvalue weighted by molar-refractivity contribution is -0.00896. The first-order valence-corrected chi connectivity index (χ1v) is 12.1. The lowest BCUT2D eigenvalue weighted by Gasteiger charge is -2.43. The van der Waals surface area contributed by atoms with Gasteiger partial charge in [0.1, 0.15) is 29.0 Å². The number of anilines is 1. The minimum absolute atomic E-state index is 0.0217. The van der Waals surface area contributed by atoms with Gasteiger partial charge in [0.05, 0.1) is 23.9 Å². The Balaban J connectivity index is 1.56. The zero-order chi connectivity index (χ0) is 25.5. The second kappa shape index (κ2) is 9.39. The summed E-state index contributed by atoms with van der Waals surface area (Å²) in [4.78, 5) is 10.9. The van der Waals surface area contributed by atoms with Crippen molar-refractivity contribution in [3.05, 3.63) is 72.2 Å². The number of rotatable bonds is 3. The minimum atomic E-state index is -0.669. The largest absolute Gasteiger partial charge is 0.506 e. The number of halogens is 2. The van der Waals surface area contributed by atoms with Gasteiger partial charge in [-0.15, -0.1) is 0 Å². The van der Waals surface area contributed by atoms with Crippen molar-refractivity contribution in [2.45, 2.75) is 18.6 Å². The molecule has 2 aromatic heterocycles. The smallest absolute Gasteiger partial charge is 0.144 e. The molecule has 0 amide bonds. The highest BCUT2D eigenvalue weighted by molar-refractivity contribution is 6.02. The highest BCUT2D eigenvalue weighted by Gasteiger charge is 2.33. The summed E-state index contributed by atoms with van der Waals surface area (Å²) >= 11 is 0. The number of hydrogen-bond donors (Lipinski definition) is 2. The van der Waals surface area contributed by atoms with Crippen molar-refractivity contribution in [3.8, 4) is 34.1 Å². The molecule has 6 rings (SSSR count). The van der Waals surface area contributed by atoms with Crippen LogP contribution in [0.1, 0.15) is 12.0 Å². The van der Waals surface area contributed by atoms with Crippen molar-refractivity contribution in [2.75, 3.05) is 31.1 Å². The molecule has 186 valence electrons. The molecular formula is C28H23F2N5O2. The molecule has 37 heavy (non-hydrogen) atoms. The lowest BCUT2D eigenvalue weighted by atomic mass is 9.94. The van der Waals surface area contributed by atoms with Gasteiger partial charge in [0, 0.05) is 66.8 Å². The Bertz CT molecular complexity index is 1530. The van der Waals surface area contributed by atoms with E-state index >= 15 is 0 Å². The molecule has 0 radical (unpaired) electrons. The number of hydrogen-bond acceptors (Lipinski definition) is 7. The normalized spacial score (nSPS) is 19.4. The summed E-state index contributed by atoms with van der Waals surface area (Å²) < 4.78 is 34.6. The third kappa shape index (κ3) is 4.24. The molecule has 2 N–H and O–H groups in total. The molecule has 2 fully saturated rings. The first-order chi connectivity index (χ1) is 18.0. The maximum Gasteiger partial charge on any atom is 0.144 e. The molecule has 0 aliphatic carbocycles. The minimum Gasteiger partial charge on any atom is -0.506 e. The maximum atomic E-state index is 14.3. The Labute approximate surface area is 212 Å². The average Bonchev–Trinajstić information content (AvgIpc) is 2.91. The van der Waals surface area contributed by atoms with Crippen molar-refractivity contribution in [1.82, 2.24) is 15.3 Å². The third-order valence-electron chi connectivity index (χ3n) is 7.08. The van der Waals surface area contributed by atoms with Crippen molar-refractivity contribution in [3.63, 3.8) is 0 Å². The molecule has 2 aliphatic rings. The highest BCUT2D eigenvalue weighted by Crippen LogP contribution is 2.41. The second-order valence-corrected chi connectivity index (χ2v) is 9.31. The Kier molecular flexibility index (Phi) is 5.91. The van der Waals surface area contributed by atoms with Gasteiger partial charge in [0.2, 0.25) is 0 Å². The second-order valence-electron chi connectivity index (χ2n) is 9.31. The maximum absolute atomic E-state index is 14.3. The molecule has 0 spiro atoms. The van der Waals surface area contributed by atoms with E-state index in [1.165, 1.54) is 24.5 Å². The molecule has 0 saturated carbocycles. The molecule has 0 unspecified atom stereocenters. The third-order valence-corrected chi connectivity index (χ3v) is 7.08. The fraction of sp³-hybridized carbons (Fsp3) is 0.250. The summed E-state index contributed by atoms with van der Waals surface area (Å²) in [6.45, 7) is 2.75. The molecule has 2 aromatic carbocycles. The van der Waals surface area contributed by atoms with E-state index in [1.807, 2.05) is 18.2 Å². The summed E-state index contributed by atoms with van der Waals surface area (Å²) in [5.41, 5.74) is 3.58. The molecule has 4 aromatic rings. The number of nitriles is 1. The van der Waals surface area contributed by atoms with Crippen LogP contribution in [0.15, 0.2) is 55.0 Å². The number of ether oxygens (including phenoxy) is 1. The molecular weight excluding hydrogens is 476 g/mol. The first kappa shape index (κ1) is 23.3. The van der Waals surface area contributed by atoms with E-state index in [1.54, 1.807) is 12.3 Å². The Morgan fingerprint density at radius 3 is 2.70 bits per heavy atom. The summed E-state index contributed by atoms with van der Waals surface area (Å²) in [6, 6.07) is 11.2. The molecule has 2 saturated heterocycles. The van der Waals surface area contributed by atoms with E-state index in [0.29, 0.717) is 47.5 Å². The summed E-state index contributed by atoms with van der Waals surface area (Å²) in [5, 5.41) is 24.3. The zero-order valence-electron chi connectivity index (χ0n) is 19.8. The standard InChI is InChI=1S/C28H23F2N5O2/c29-19-7-17(8-20(30)10-19)22-14-34-24-2-1-16(23-13-32-12-18(11-31)28(23)36)9-21(24)27(22)35-5-3-25-26(15-35)37-6-4-33-25/h1-2,7-10,12-14,25-26,33H,3-6,15H2,(H,32,36)/t25-,26-/m1/s1. The van der Waals surface area contributed by atoms with Crippen molar-refractivity contribution in [1.29, 1.82) is 5.26 Å². The van der Waals surface area contributed by atoms with E-state index in [2.05, 4.69) is 20.2 Å². The van der Waals surface area contributed by atoms with Gasteiger partial charge in [0.15, 0.2) is 0 Å². The molecule has 9 heteroatoms. The Hall–Kier alpha value is -4.13. The van der Waals surface area contributed by atoms with Crippen LogP contribution in [0.25, 0.3) is 33.2 Å². The SMILES string of the molecule is N#Cc1cncc(-c2ccc3ncc(-c4cc(F)cc(F)c4)c(N4CC[C@H]5NCCO[C@@H]5C4)c3c2)c1O. The van der Waals surface area contributed by atoms with Gasteiger partial charge in [-0.05, 0) is 41.8 Å². The molecule has 7 nitrogen and oxygen atoms in total. The monoisotopic (exact) mass is 499 g/mol. The Morgan fingerprint density at radius 1 is 1.05 bits per heavy atom. The van der Waals surface area contributed by atoms with Crippen LogP contribution in [0.4, 0.5) is 14.5 Å². The van der Waals surface area contributed by atoms with Crippen molar-refractivity contribution >= 4 is 16.6 Å². The van der Waals surface area contributed by atoms with Crippen molar-refractivity contribution < 1.29 is 18.6 Å². The summed E-state index contributed by atoms with van der Waals surface area (Å²) in [7, 11) is 0. The Morgan fingerprint density at radius 2 is 1.89 bits per heavy atom. The van der Waals surface area contributed by atoms with Crippen LogP contribution in [0.2, 0.25) is 0 Å². The molecule has 4 heterocycles. The number of morpholine rings is 1. The average molecular weight is 500 g/mol. The number of piperidine rings is 1. The number of benzene rings is 2. The van der Waals surface area contributed by atoms with Crippen LogP contribution in [-0.4, -0.2) is 53.5 Å². The van der Waals surface area contributed by atoms with E-state index < -0.39 is 11.6 Å². The van der Waals surface area contributed by atoms with E-state index in [-0.39, 0.29) is 23.5 Å². The number of aromatic nitrogens is 2. The predicted molar refractivity (Wildman–Crippen MR) is 135 cm³/mol. The van der Waals surface area contributed by atoms with Crippen LogP contribution in [0.3, 0.4) is 0 Å². The van der Waals surface area contributed by atoms with Gasteiger partial charge in [-0.25, -0.2) is 8.78 Å². The van der Waals surface area contributed by atoms with Crippen molar-refractivity contribution in [2.24, 2.45) is 0 Å². The van der Waals surface area contributed by atoms with Crippen LogP contribution in [0.5, 0.6) is 5.75 Å². The fourth-order valence-electron chi connectivity index (χ4n) is 5.33. The molecule has 2 aliphatic heterocycles. The van der Waals surface area contributed by atoms with E-state index in [0.717, 1.165) is 30.1 Å². The lowest BCUT2D eigenvalue weighted by Crippen LogP contribution is -2.57. The quantitative estimate of drug-likeness (QED) is 0.432. The van der Waals surface area contributed by atoms with Gasteiger partial charge in [-0.3, -0.25) is 9.97 Å². The van der Waals surface area contributed by atoms with Gasteiger partial charge in [-0.1, -0.05) is 6.07 Å². The number of nitrogens with zero attached hydrogens (tertiary/aromatic N) is 4. The van der Waals surface area contributed by atoms with E-state index in [4.69, 9.17) is 4.74 Å². The summed E-state index contributed by atoms with van der Waals surface area (Å²) in [6.07, 6.45) is 5.29. The number of fused-ring (bicyclic) bond motifs is 2. The van der Waals surface area contributed by atoms with Crippen LogP contribution in [0, 0.1) is 23.0 Å². The number of nitrogens with one attached hydrogen (secondary N) is 1. The number of pyridine rings is 2. The van der Waals surface area contributed by atoms with Gasteiger partial charge < -0.3 is 20.1 Å². The topological polar surface area (TPSA) is 94.3 Å².